The van der Waals surface area contributed by atoms with Gasteiger partial charge in [-0.3, -0.25) is 32.5 Å². The van der Waals surface area contributed by atoms with Crippen LogP contribution < -0.4 is 0 Å². The van der Waals surface area contributed by atoms with Gasteiger partial charge >= 0.3 is 33.6 Å². The normalized spacial score (nSPS) is 14.8. The lowest BCUT2D eigenvalue weighted by Gasteiger charge is -2.21. The SMILES string of the molecule is CC/C=C\C/C=C\C/C=C\C/C=C\C/C=C\CCCCCCCCCCCC(=O)OCC(O)COP(=O)(O)OCC(O)COP(=O)(O)OCC(COC(=O)CCCCCCCCCCC/C=C\C/C=C\C/C=C\C/C=C\CCCCC)OC(=O)CCCCCCC/C=C\CCCC. The highest BCUT2D eigenvalue weighted by Gasteiger charge is 2.29. The van der Waals surface area contributed by atoms with Gasteiger partial charge in [0.25, 0.3) is 0 Å². The standard InChI is InChI=1S/C79H136O16P2/c1-4-7-10-13-16-19-22-24-26-28-30-32-34-36-38-40-42-44-46-48-51-53-56-59-62-65-77(82)89-68-74(80)69-91-96(85,86)92-70-75(81)71-93-97(87,88)94-73-76(95-79(84)67-64-61-58-55-50-21-18-15-12-9-6-3)72-90-78(83)66-63-60-57-54-52-49-47-45-43-41-39-37-35-33-31-29-27-25-23-20-17-14-11-8-5-2/h7,10,15-20,24-27,30-33,36-39,74-76,80-81H,4-6,8-9,11-14,21-23,28-29,34-35,40-73H2,1-3H3,(H,85,86)(H,87,88)/b10-7-,18-15-,19-16-,20-17-,26-24-,27-25-,32-30-,33-31-,38-36-,39-37-. The number of carbonyl (C=O) groups excluding carboxylic acids is 3. The lowest BCUT2D eigenvalue weighted by atomic mass is 10.1. The highest BCUT2D eigenvalue weighted by Crippen LogP contribution is 2.45. The van der Waals surface area contributed by atoms with Crippen LogP contribution >= 0.6 is 15.6 Å². The molecule has 5 atom stereocenters. The number of rotatable bonds is 71. The second-order valence-corrected chi connectivity index (χ2v) is 28.0. The molecule has 0 fully saturated rings. The Labute approximate surface area is 589 Å². The van der Waals surface area contributed by atoms with Crippen molar-refractivity contribution in [2.75, 3.05) is 39.6 Å². The monoisotopic (exact) mass is 1400 g/mol. The Balaban J connectivity index is 4.52. The molecular formula is C79H136O16P2. The van der Waals surface area contributed by atoms with E-state index in [0.717, 1.165) is 154 Å². The molecule has 0 aliphatic rings. The molecule has 0 saturated carbocycles. The summed E-state index contributed by atoms with van der Waals surface area (Å²) in [6, 6.07) is 0. The van der Waals surface area contributed by atoms with Crippen molar-refractivity contribution in [1.82, 2.24) is 0 Å². The van der Waals surface area contributed by atoms with Crippen molar-refractivity contribution in [3.63, 3.8) is 0 Å². The van der Waals surface area contributed by atoms with Crippen molar-refractivity contribution < 1.29 is 75.8 Å². The van der Waals surface area contributed by atoms with E-state index in [1.807, 2.05) is 0 Å². The molecule has 0 aliphatic carbocycles. The van der Waals surface area contributed by atoms with E-state index in [9.17, 15) is 43.5 Å². The van der Waals surface area contributed by atoms with Gasteiger partial charge in [0.15, 0.2) is 6.10 Å². The zero-order valence-electron chi connectivity index (χ0n) is 60.7. The van der Waals surface area contributed by atoms with Crippen molar-refractivity contribution in [3.8, 4) is 0 Å². The summed E-state index contributed by atoms with van der Waals surface area (Å²) in [6.45, 7) is 2.47. The number of aliphatic hydroxyl groups is 2. The summed E-state index contributed by atoms with van der Waals surface area (Å²) in [4.78, 5) is 58.5. The number of unbranched alkanes of at least 4 members (excludes halogenated alkanes) is 28. The fourth-order valence-electron chi connectivity index (χ4n) is 9.86. The van der Waals surface area contributed by atoms with E-state index in [4.69, 9.17) is 32.3 Å². The van der Waals surface area contributed by atoms with Gasteiger partial charge in [0.2, 0.25) is 0 Å². The van der Waals surface area contributed by atoms with Crippen LogP contribution in [0.3, 0.4) is 0 Å². The number of hydrogen-bond acceptors (Lipinski definition) is 14. The fraction of sp³-hybridized carbons (Fsp3) is 0.709. The molecule has 0 aromatic carbocycles. The Morgan fingerprint density at radius 1 is 0.299 bits per heavy atom. The van der Waals surface area contributed by atoms with Gasteiger partial charge in [-0.1, -0.05) is 277 Å². The van der Waals surface area contributed by atoms with E-state index in [0.29, 0.717) is 19.3 Å². The molecule has 0 heterocycles. The molecule has 4 N–H and O–H groups in total. The maximum absolute atomic E-state index is 12.9. The molecule has 5 unspecified atom stereocenters. The predicted molar refractivity (Wildman–Crippen MR) is 399 cm³/mol. The number of phosphoric acid groups is 2. The first kappa shape index (κ1) is 93.0. The number of allylic oxidation sites excluding steroid dienone is 20. The Morgan fingerprint density at radius 3 is 0.907 bits per heavy atom. The quantitative estimate of drug-likeness (QED) is 0.0146. The van der Waals surface area contributed by atoms with Gasteiger partial charge in [0, 0.05) is 19.3 Å². The molecule has 558 valence electrons. The number of phosphoric ester groups is 2. The third-order valence-corrected chi connectivity index (χ3v) is 17.5. The number of esters is 3. The first-order chi connectivity index (χ1) is 47.2. The first-order valence-electron chi connectivity index (χ1n) is 37.8. The average molecular weight is 1400 g/mol. The Morgan fingerprint density at radius 2 is 0.557 bits per heavy atom. The van der Waals surface area contributed by atoms with Crippen LogP contribution in [0.25, 0.3) is 0 Å². The topological polar surface area (TPSA) is 231 Å². The molecule has 0 rings (SSSR count). The number of ether oxygens (including phenoxy) is 3. The van der Waals surface area contributed by atoms with Gasteiger partial charge in [-0.2, -0.15) is 0 Å². The van der Waals surface area contributed by atoms with Crippen LogP contribution in [0.2, 0.25) is 0 Å². The van der Waals surface area contributed by atoms with Crippen LogP contribution in [0.15, 0.2) is 122 Å². The van der Waals surface area contributed by atoms with Crippen molar-refractivity contribution in [2.24, 2.45) is 0 Å². The molecular weight excluding hydrogens is 1270 g/mol. The lowest BCUT2D eigenvalue weighted by molar-refractivity contribution is -0.161. The maximum Gasteiger partial charge on any atom is 0.472 e. The van der Waals surface area contributed by atoms with Crippen molar-refractivity contribution in [1.29, 1.82) is 0 Å². The van der Waals surface area contributed by atoms with Crippen LogP contribution in [-0.2, 0) is 55.8 Å². The molecule has 97 heavy (non-hydrogen) atoms. The molecule has 16 nitrogen and oxygen atoms in total. The molecule has 0 radical (unpaired) electrons. The van der Waals surface area contributed by atoms with Crippen LogP contribution in [0.5, 0.6) is 0 Å². The average Bonchev–Trinajstić information content (AvgIpc) is 1.85. The minimum absolute atomic E-state index is 0.0911. The maximum atomic E-state index is 12.9. The molecule has 0 amide bonds. The van der Waals surface area contributed by atoms with Crippen molar-refractivity contribution >= 4 is 33.6 Å². The van der Waals surface area contributed by atoms with Crippen molar-refractivity contribution in [2.45, 2.75) is 322 Å². The molecule has 0 aromatic heterocycles. The van der Waals surface area contributed by atoms with Gasteiger partial charge in [-0.05, 0) is 128 Å². The summed E-state index contributed by atoms with van der Waals surface area (Å²) < 4.78 is 61.0. The van der Waals surface area contributed by atoms with Gasteiger partial charge in [0.05, 0.1) is 26.4 Å². The van der Waals surface area contributed by atoms with E-state index < -0.39 is 91.5 Å². The molecule has 0 spiro atoms. The third-order valence-electron chi connectivity index (χ3n) is 15.6. The summed E-state index contributed by atoms with van der Waals surface area (Å²) in [5, 5.41) is 20.6. The molecule has 0 aliphatic heterocycles. The predicted octanol–water partition coefficient (Wildman–Crippen LogP) is 21.8. The van der Waals surface area contributed by atoms with Crippen LogP contribution in [0, 0.1) is 0 Å². The van der Waals surface area contributed by atoms with Gasteiger partial charge < -0.3 is 34.2 Å². The lowest BCUT2D eigenvalue weighted by Crippen LogP contribution is -2.30. The second-order valence-electron chi connectivity index (χ2n) is 25.1. The Bertz CT molecular complexity index is 2250. The molecule has 0 bridgehead atoms. The molecule has 18 heteroatoms. The van der Waals surface area contributed by atoms with Crippen molar-refractivity contribution in [3.05, 3.63) is 122 Å². The fourth-order valence-corrected chi connectivity index (χ4v) is 11.4. The van der Waals surface area contributed by atoms with Gasteiger partial charge in [-0.15, -0.1) is 0 Å². The van der Waals surface area contributed by atoms with Gasteiger partial charge in [-0.25, -0.2) is 9.13 Å². The first-order valence-corrected chi connectivity index (χ1v) is 40.8. The summed E-state index contributed by atoms with van der Waals surface area (Å²) in [5.41, 5.74) is 0. The second kappa shape index (κ2) is 71.8. The summed E-state index contributed by atoms with van der Waals surface area (Å²) in [6.07, 6.45) is 84.0. The van der Waals surface area contributed by atoms with E-state index in [2.05, 4.69) is 142 Å². The zero-order chi connectivity index (χ0) is 70.9. The minimum atomic E-state index is -4.93. The smallest absolute Gasteiger partial charge is 0.463 e. The van der Waals surface area contributed by atoms with E-state index in [1.165, 1.54) is 89.9 Å². The van der Waals surface area contributed by atoms with Crippen LogP contribution in [0.1, 0.15) is 303 Å². The largest absolute Gasteiger partial charge is 0.472 e. The summed E-state index contributed by atoms with van der Waals surface area (Å²) in [5.74, 6) is -1.60. The molecule has 0 saturated heterocycles. The molecule has 0 aromatic rings. The van der Waals surface area contributed by atoms with Crippen LogP contribution in [-0.4, -0.2) is 95.9 Å². The third kappa shape index (κ3) is 73.0. The van der Waals surface area contributed by atoms with Gasteiger partial charge in [0.1, 0.15) is 25.4 Å². The number of carbonyl (C=O) groups is 3. The number of aliphatic hydroxyl groups excluding tert-OH is 2. The van der Waals surface area contributed by atoms with E-state index in [1.54, 1.807) is 0 Å². The number of hydrogen-bond donors (Lipinski definition) is 4. The van der Waals surface area contributed by atoms with E-state index in [-0.39, 0.29) is 19.3 Å². The minimum Gasteiger partial charge on any atom is -0.463 e. The van der Waals surface area contributed by atoms with E-state index >= 15 is 0 Å². The highest BCUT2D eigenvalue weighted by atomic mass is 31.2. The Hall–Kier alpha value is -4.05. The zero-order valence-corrected chi connectivity index (χ0v) is 62.5. The summed E-state index contributed by atoms with van der Waals surface area (Å²) >= 11 is 0. The Kier molecular flexibility index (Phi) is 68.8. The summed E-state index contributed by atoms with van der Waals surface area (Å²) in [7, 11) is -9.79. The van der Waals surface area contributed by atoms with Crippen LogP contribution in [0.4, 0.5) is 0 Å². The highest BCUT2D eigenvalue weighted by molar-refractivity contribution is 7.47.